The third-order valence-corrected chi connectivity index (χ3v) is 3.54. The van der Waals surface area contributed by atoms with Crippen LogP contribution >= 0.6 is 0 Å². The van der Waals surface area contributed by atoms with Crippen molar-refractivity contribution in [3.8, 4) is 0 Å². The Kier molecular flexibility index (Phi) is 4.98. The maximum atomic E-state index is 10.7. The molecule has 0 amide bonds. The Morgan fingerprint density at radius 1 is 1.40 bits per heavy atom. The van der Waals surface area contributed by atoms with Crippen molar-refractivity contribution in [2.75, 3.05) is 32.4 Å². The predicted octanol–water partition coefficient (Wildman–Crippen LogP) is -0.651. The first-order valence-corrected chi connectivity index (χ1v) is 7.11. The van der Waals surface area contributed by atoms with Crippen LogP contribution in [0.5, 0.6) is 0 Å². The molecule has 0 spiro atoms. The maximum Gasteiger partial charge on any atom is 0.210 e. The van der Waals surface area contributed by atoms with Crippen LogP contribution < -0.4 is 10.5 Å². The summed E-state index contributed by atoms with van der Waals surface area (Å²) in [6.07, 6.45) is 3.37. The van der Waals surface area contributed by atoms with Gasteiger partial charge >= 0.3 is 0 Å². The van der Waals surface area contributed by atoms with E-state index in [-0.39, 0.29) is 5.75 Å². The number of hydrogen-bond donors (Lipinski definition) is 2. The van der Waals surface area contributed by atoms with Gasteiger partial charge in [0.15, 0.2) is 0 Å². The van der Waals surface area contributed by atoms with E-state index in [1.807, 2.05) is 0 Å². The van der Waals surface area contributed by atoms with Gasteiger partial charge < -0.3 is 10.2 Å². The normalized spacial score (nSPS) is 25.1. The van der Waals surface area contributed by atoms with Gasteiger partial charge in [-0.15, -0.1) is 0 Å². The largest absolute Gasteiger partial charge is 0.313 e. The second-order valence-electron chi connectivity index (χ2n) is 4.25. The van der Waals surface area contributed by atoms with Gasteiger partial charge in [0.2, 0.25) is 10.0 Å². The summed E-state index contributed by atoms with van der Waals surface area (Å²) in [6, 6.07) is 0.441. The van der Waals surface area contributed by atoms with Gasteiger partial charge in [-0.1, -0.05) is 0 Å². The predicted molar refractivity (Wildman–Crippen MR) is 61.1 cm³/mol. The second kappa shape index (κ2) is 5.79. The Hall–Kier alpha value is -0.170. The van der Waals surface area contributed by atoms with Crippen LogP contribution in [0.3, 0.4) is 0 Å². The molecule has 0 aromatic rings. The number of hydrogen-bond acceptors (Lipinski definition) is 4. The van der Waals surface area contributed by atoms with Crippen molar-refractivity contribution >= 4 is 10.0 Å². The molecule has 1 fully saturated rings. The standard InChI is InChI=1S/C9H21N3O2S/c1-12-6-2-3-9(4-7-12)11-5-8-15(10,13)14/h9,11H,2-8H2,1H3,(H2,10,13,14). The van der Waals surface area contributed by atoms with Crippen molar-refractivity contribution in [2.45, 2.75) is 25.3 Å². The molecule has 0 saturated carbocycles. The topological polar surface area (TPSA) is 75.4 Å². The number of nitrogens with zero attached hydrogens (tertiary/aromatic N) is 1. The molecule has 0 aromatic heterocycles. The number of likely N-dealkylation sites (tertiary alicyclic amines) is 1. The molecule has 90 valence electrons. The highest BCUT2D eigenvalue weighted by Gasteiger charge is 2.14. The third kappa shape index (κ3) is 6.09. The fourth-order valence-corrected chi connectivity index (χ4v) is 2.25. The van der Waals surface area contributed by atoms with E-state index in [1.165, 1.54) is 6.42 Å². The lowest BCUT2D eigenvalue weighted by molar-refractivity contribution is 0.344. The zero-order chi connectivity index (χ0) is 11.3. The molecule has 0 aromatic carbocycles. The van der Waals surface area contributed by atoms with Gasteiger partial charge in [0.1, 0.15) is 0 Å². The van der Waals surface area contributed by atoms with Crippen molar-refractivity contribution in [1.82, 2.24) is 10.2 Å². The van der Waals surface area contributed by atoms with E-state index in [0.29, 0.717) is 12.6 Å². The summed E-state index contributed by atoms with van der Waals surface area (Å²) in [5, 5.41) is 8.18. The van der Waals surface area contributed by atoms with E-state index >= 15 is 0 Å². The Morgan fingerprint density at radius 2 is 2.13 bits per heavy atom. The van der Waals surface area contributed by atoms with Gasteiger partial charge in [0, 0.05) is 12.6 Å². The first kappa shape index (κ1) is 12.9. The van der Waals surface area contributed by atoms with Crippen LogP contribution in [-0.2, 0) is 10.0 Å². The molecule has 1 atom stereocenters. The highest BCUT2D eigenvalue weighted by Crippen LogP contribution is 2.08. The zero-order valence-electron chi connectivity index (χ0n) is 9.28. The smallest absolute Gasteiger partial charge is 0.210 e. The van der Waals surface area contributed by atoms with E-state index in [4.69, 9.17) is 5.14 Å². The maximum absolute atomic E-state index is 10.7. The summed E-state index contributed by atoms with van der Waals surface area (Å²) in [5.74, 6) is 0.0271. The number of primary sulfonamides is 1. The Balaban J connectivity index is 2.21. The summed E-state index contributed by atoms with van der Waals surface area (Å²) in [4.78, 5) is 2.31. The minimum atomic E-state index is -3.32. The molecule has 1 heterocycles. The fourth-order valence-electron chi connectivity index (χ4n) is 1.85. The molecule has 1 aliphatic heterocycles. The van der Waals surface area contributed by atoms with Crippen LogP contribution in [0.2, 0.25) is 0 Å². The summed E-state index contributed by atoms with van der Waals surface area (Å²) in [6.45, 7) is 2.67. The number of nitrogens with two attached hydrogens (primary N) is 1. The fraction of sp³-hybridized carbons (Fsp3) is 1.00. The van der Waals surface area contributed by atoms with E-state index in [1.54, 1.807) is 0 Å². The Bertz CT molecular complexity index is 279. The average molecular weight is 235 g/mol. The minimum Gasteiger partial charge on any atom is -0.313 e. The second-order valence-corrected chi connectivity index (χ2v) is 5.99. The van der Waals surface area contributed by atoms with Crippen LogP contribution in [0.25, 0.3) is 0 Å². The minimum absolute atomic E-state index is 0.0271. The van der Waals surface area contributed by atoms with E-state index < -0.39 is 10.0 Å². The van der Waals surface area contributed by atoms with Crippen molar-refractivity contribution < 1.29 is 8.42 Å². The van der Waals surface area contributed by atoms with Crippen molar-refractivity contribution in [3.63, 3.8) is 0 Å². The third-order valence-electron chi connectivity index (χ3n) is 2.77. The number of rotatable bonds is 4. The number of sulfonamides is 1. The first-order valence-electron chi connectivity index (χ1n) is 5.40. The SMILES string of the molecule is CN1CCCC(NCCS(N)(=O)=O)CC1. The Morgan fingerprint density at radius 3 is 2.80 bits per heavy atom. The lowest BCUT2D eigenvalue weighted by Crippen LogP contribution is -2.35. The average Bonchev–Trinajstić information content (AvgIpc) is 2.29. The monoisotopic (exact) mass is 235 g/mol. The van der Waals surface area contributed by atoms with E-state index in [2.05, 4.69) is 17.3 Å². The van der Waals surface area contributed by atoms with Crippen molar-refractivity contribution in [2.24, 2.45) is 5.14 Å². The molecule has 15 heavy (non-hydrogen) atoms. The van der Waals surface area contributed by atoms with Crippen LogP contribution in [0, 0.1) is 0 Å². The molecule has 1 rings (SSSR count). The summed E-state index contributed by atoms with van der Waals surface area (Å²) in [5.41, 5.74) is 0. The number of nitrogens with one attached hydrogen (secondary N) is 1. The Labute approximate surface area is 92.1 Å². The molecule has 3 N–H and O–H groups in total. The summed E-state index contributed by atoms with van der Waals surface area (Å²) < 4.78 is 21.4. The zero-order valence-corrected chi connectivity index (χ0v) is 10.1. The molecular formula is C9H21N3O2S. The van der Waals surface area contributed by atoms with E-state index in [0.717, 1.165) is 25.9 Å². The molecule has 6 heteroatoms. The van der Waals surface area contributed by atoms with Crippen LogP contribution in [0.15, 0.2) is 0 Å². The molecule has 1 saturated heterocycles. The van der Waals surface area contributed by atoms with Crippen LogP contribution in [0.4, 0.5) is 0 Å². The lowest BCUT2D eigenvalue weighted by Gasteiger charge is -2.16. The molecule has 0 aliphatic carbocycles. The lowest BCUT2D eigenvalue weighted by atomic mass is 10.1. The molecular weight excluding hydrogens is 214 g/mol. The molecule has 5 nitrogen and oxygen atoms in total. The van der Waals surface area contributed by atoms with Gasteiger partial charge in [0.25, 0.3) is 0 Å². The quantitative estimate of drug-likeness (QED) is 0.679. The summed E-state index contributed by atoms with van der Waals surface area (Å²) >= 11 is 0. The molecule has 1 aliphatic rings. The summed E-state index contributed by atoms with van der Waals surface area (Å²) in [7, 11) is -1.20. The first-order chi connectivity index (χ1) is 6.97. The van der Waals surface area contributed by atoms with Gasteiger partial charge in [0.05, 0.1) is 5.75 Å². The van der Waals surface area contributed by atoms with Gasteiger partial charge in [-0.2, -0.15) is 0 Å². The van der Waals surface area contributed by atoms with E-state index in [9.17, 15) is 8.42 Å². The van der Waals surface area contributed by atoms with Gasteiger partial charge in [-0.3, -0.25) is 0 Å². The highest BCUT2D eigenvalue weighted by molar-refractivity contribution is 7.89. The van der Waals surface area contributed by atoms with Gasteiger partial charge in [-0.05, 0) is 39.4 Å². The van der Waals surface area contributed by atoms with Crippen LogP contribution in [0.1, 0.15) is 19.3 Å². The molecule has 0 bridgehead atoms. The highest BCUT2D eigenvalue weighted by atomic mass is 32.2. The van der Waals surface area contributed by atoms with Crippen molar-refractivity contribution in [3.05, 3.63) is 0 Å². The van der Waals surface area contributed by atoms with Crippen molar-refractivity contribution in [1.29, 1.82) is 0 Å². The molecule has 1 unspecified atom stereocenters. The van der Waals surface area contributed by atoms with Gasteiger partial charge in [-0.25, -0.2) is 13.6 Å². The van der Waals surface area contributed by atoms with Crippen LogP contribution in [-0.4, -0.2) is 51.8 Å². The molecule has 0 radical (unpaired) electrons.